The zero-order valence-corrected chi connectivity index (χ0v) is 15.9. The van der Waals surface area contributed by atoms with E-state index in [1.165, 1.54) is 19.2 Å². The molecule has 138 valence electrons. The highest BCUT2D eigenvalue weighted by molar-refractivity contribution is 7.85. The first-order valence-corrected chi connectivity index (χ1v) is 9.43. The minimum absolute atomic E-state index is 0.181. The van der Waals surface area contributed by atoms with Crippen LogP contribution in [0.25, 0.3) is 0 Å². The van der Waals surface area contributed by atoms with Crippen LogP contribution in [0, 0.1) is 0 Å². The monoisotopic (exact) mass is 395 g/mol. The molecule has 0 aliphatic carbocycles. The standard InChI is InChI=1S/C18H18ClNO5S/c1-3-26(23)16-7-5-4-6-13(16)18(22)25-11-17(21)20-14-10-12(19)8-9-15(14)24-2/h4-10H,3,11H2,1-2H3,(H,20,21)/t26-/m0/s1. The number of halogens is 1. The molecule has 1 atom stereocenters. The summed E-state index contributed by atoms with van der Waals surface area (Å²) in [5.74, 6) is -0.458. The third-order valence-electron chi connectivity index (χ3n) is 3.38. The maximum Gasteiger partial charge on any atom is 0.339 e. The second kappa shape index (κ2) is 9.35. The lowest BCUT2D eigenvalue weighted by Gasteiger charge is -2.11. The highest BCUT2D eigenvalue weighted by Gasteiger charge is 2.17. The van der Waals surface area contributed by atoms with Crippen LogP contribution in [-0.2, 0) is 20.3 Å². The average molecular weight is 396 g/mol. The molecule has 8 heteroatoms. The summed E-state index contributed by atoms with van der Waals surface area (Å²) < 4.78 is 22.2. The maximum absolute atomic E-state index is 12.2. The molecule has 2 aromatic carbocycles. The van der Waals surface area contributed by atoms with Gasteiger partial charge in [0.2, 0.25) is 0 Å². The fourth-order valence-electron chi connectivity index (χ4n) is 2.16. The Morgan fingerprint density at radius 2 is 1.92 bits per heavy atom. The Bertz CT molecular complexity index is 840. The van der Waals surface area contributed by atoms with Crippen LogP contribution in [0.3, 0.4) is 0 Å². The number of benzene rings is 2. The van der Waals surface area contributed by atoms with Crippen LogP contribution in [0.5, 0.6) is 5.75 Å². The van der Waals surface area contributed by atoms with Gasteiger partial charge < -0.3 is 14.8 Å². The Balaban J connectivity index is 2.03. The van der Waals surface area contributed by atoms with Crippen molar-refractivity contribution in [2.24, 2.45) is 0 Å². The van der Waals surface area contributed by atoms with E-state index in [4.69, 9.17) is 21.1 Å². The maximum atomic E-state index is 12.2. The summed E-state index contributed by atoms with van der Waals surface area (Å²) in [4.78, 5) is 24.7. The minimum Gasteiger partial charge on any atom is -0.495 e. The Hall–Kier alpha value is -2.38. The lowest BCUT2D eigenvalue weighted by Crippen LogP contribution is -2.22. The molecule has 0 fully saturated rings. The Kier molecular flexibility index (Phi) is 7.17. The molecular formula is C18H18ClNO5S. The summed E-state index contributed by atoms with van der Waals surface area (Å²) in [7, 11) is 0.154. The van der Waals surface area contributed by atoms with Gasteiger partial charge in [0.25, 0.3) is 5.91 Å². The summed E-state index contributed by atoms with van der Waals surface area (Å²) in [6.45, 7) is 1.26. The van der Waals surface area contributed by atoms with E-state index in [9.17, 15) is 13.8 Å². The lowest BCUT2D eigenvalue weighted by atomic mass is 10.2. The highest BCUT2D eigenvalue weighted by Crippen LogP contribution is 2.27. The van der Waals surface area contributed by atoms with E-state index in [1.807, 2.05) is 0 Å². The number of methoxy groups -OCH3 is 1. The zero-order chi connectivity index (χ0) is 19.1. The molecule has 1 N–H and O–H groups in total. The average Bonchev–Trinajstić information content (AvgIpc) is 2.65. The van der Waals surface area contributed by atoms with E-state index in [0.717, 1.165) is 0 Å². The number of nitrogens with one attached hydrogen (secondary N) is 1. The molecule has 0 saturated heterocycles. The van der Waals surface area contributed by atoms with Gasteiger partial charge in [0.15, 0.2) is 6.61 Å². The number of rotatable bonds is 7. The number of amides is 1. The second-order valence-corrected chi connectivity index (χ2v) is 7.24. The van der Waals surface area contributed by atoms with Crippen LogP contribution >= 0.6 is 11.6 Å². The van der Waals surface area contributed by atoms with E-state index in [2.05, 4.69) is 5.32 Å². The van der Waals surface area contributed by atoms with Crippen molar-refractivity contribution < 1.29 is 23.3 Å². The van der Waals surface area contributed by atoms with Crippen LogP contribution < -0.4 is 10.1 Å². The minimum atomic E-state index is -1.31. The zero-order valence-electron chi connectivity index (χ0n) is 14.3. The molecule has 0 spiro atoms. The SMILES string of the molecule is CC[S@](=O)c1ccccc1C(=O)OCC(=O)Nc1cc(Cl)ccc1OC. The van der Waals surface area contributed by atoms with Crippen molar-refractivity contribution in [1.82, 2.24) is 0 Å². The Morgan fingerprint density at radius 1 is 1.19 bits per heavy atom. The second-order valence-electron chi connectivity index (χ2n) is 5.10. The molecule has 0 saturated carbocycles. The van der Waals surface area contributed by atoms with Crippen molar-refractivity contribution in [1.29, 1.82) is 0 Å². The van der Waals surface area contributed by atoms with Gasteiger partial charge in [-0.15, -0.1) is 0 Å². The van der Waals surface area contributed by atoms with E-state index in [1.54, 1.807) is 37.3 Å². The summed E-state index contributed by atoms with van der Waals surface area (Å²) in [5, 5.41) is 3.00. The van der Waals surface area contributed by atoms with Gasteiger partial charge in [-0.1, -0.05) is 30.7 Å². The van der Waals surface area contributed by atoms with Gasteiger partial charge in [0.05, 0.1) is 34.1 Å². The third kappa shape index (κ3) is 5.06. The van der Waals surface area contributed by atoms with Crippen molar-refractivity contribution in [3.8, 4) is 5.75 Å². The van der Waals surface area contributed by atoms with Crippen LogP contribution in [0.4, 0.5) is 5.69 Å². The smallest absolute Gasteiger partial charge is 0.339 e. The first-order chi connectivity index (χ1) is 12.5. The van der Waals surface area contributed by atoms with Crippen molar-refractivity contribution in [2.45, 2.75) is 11.8 Å². The van der Waals surface area contributed by atoms with Crippen LogP contribution in [0.2, 0.25) is 5.02 Å². The number of hydrogen-bond acceptors (Lipinski definition) is 5. The van der Waals surface area contributed by atoms with E-state index in [-0.39, 0.29) is 5.56 Å². The molecule has 6 nitrogen and oxygen atoms in total. The molecule has 26 heavy (non-hydrogen) atoms. The van der Waals surface area contributed by atoms with Gasteiger partial charge in [0, 0.05) is 10.8 Å². The predicted octanol–water partition coefficient (Wildman–Crippen LogP) is 3.27. The molecule has 0 radical (unpaired) electrons. The predicted molar refractivity (Wildman–Crippen MR) is 100 cm³/mol. The van der Waals surface area contributed by atoms with Gasteiger partial charge in [-0.25, -0.2) is 4.79 Å². The summed E-state index contributed by atoms with van der Waals surface area (Å²) in [6.07, 6.45) is 0. The number of esters is 1. The molecule has 0 aliphatic heterocycles. The molecule has 0 aromatic heterocycles. The number of carbonyl (C=O) groups is 2. The third-order valence-corrected chi connectivity index (χ3v) is 4.99. The highest BCUT2D eigenvalue weighted by atomic mass is 35.5. The Morgan fingerprint density at radius 3 is 2.62 bits per heavy atom. The van der Waals surface area contributed by atoms with Gasteiger partial charge in [-0.05, 0) is 30.3 Å². The molecule has 0 aliphatic rings. The van der Waals surface area contributed by atoms with Crippen molar-refractivity contribution >= 4 is 40.0 Å². The van der Waals surface area contributed by atoms with Gasteiger partial charge in [-0.3, -0.25) is 9.00 Å². The number of carbonyl (C=O) groups excluding carboxylic acids is 2. The summed E-state index contributed by atoms with van der Waals surface area (Å²) in [5.41, 5.74) is 0.550. The van der Waals surface area contributed by atoms with E-state index < -0.39 is 29.3 Å². The van der Waals surface area contributed by atoms with Crippen LogP contribution in [0.15, 0.2) is 47.4 Å². The fourth-order valence-corrected chi connectivity index (χ4v) is 3.27. The van der Waals surface area contributed by atoms with Gasteiger partial charge >= 0.3 is 5.97 Å². The van der Waals surface area contributed by atoms with Crippen LogP contribution in [0.1, 0.15) is 17.3 Å². The summed E-state index contributed by atoms with van der Waals surface area (Å²) in [6, 6.07) is 11.2. The van der Waals surface area contributed by atoms with E-state index in [0.29, 0.717) is 27.1 Å². The van der Waals surface area contributed by atoms with Crippen molar-refractivity contribution in [3.63, 3.8) is 0 Å². The molecule has 2 rings (SSSR count). The fraction of sp³-hybridized carbons (Fsp3) is 0.222. The lowest BCUT2D eigenvalue weighted by molar-refractivity contribution is -0.119. The number of ether oxygens (including phenoxy) is 2. The molecule has 2 aromatic rings. The topological polar surface area (TPSA) is 81.7 Å². The van der Waals surface area contributed by atoms with Crippen molar-refractivity contribution in [3.05, 3.63) is 53.1 Å². The number of anilines is 1. The van der Waals surface area contributed by atoms with Crippen LogP contribution in [-0.4, -0.2) is 35.6 Å². The molecule has 1 amide bonds. The van der Waals surface area contributed by atoms with E-state index >= 15 is 0 Å². The molecule has 0 heterocycles. The first-order valence-electron chi connectivity index (χ1n) is 7.74. The molecule has 0 unspecified atom stereocenters. The Labute approximate surface area is 158 Å². The van der Waals surface area contributed by atoms with Crippen molar-refractivity contribution in [2.75, 3.05) is 24.8 Å². The number of hydrogen-bond donors (Lipinski definition) is 1. The van der Waals surface area contributed by atoms with Gasteiger partial charge in [-0.2, -0.15) is 0 Å². The molecular weight excluding hydrogens is 378 g/mol. The first kappa shape index (κ1) is 19.9. The summed E-state index contributed by atoms with van der Waals surface area (Å²) >= 11 is 5.90. The quantitative estimate of drug-likeness (QED) is 0.727. The molecule has 0 bridgehead atoms. The largest absolute Gasteiger partial charge is 0.495 e. The normalized spacial score (nSPS) is 11.5. The van der Waals surface area contributed by atoms with Gasteiger partial charge in [0.1, 0.15) is 5.75 Å².